The van der Waals surface area contributed by atoms with E-state index < -0.39 is 5.97 Å². The molecular formula is C16H21NO5. The minimum Gasteiger partial charge on any atom is -0.493 e. The maximum Gasteiger partial charge on any atom is 0.341 e. The van der Waals surface area contributed by atoms with Gasteiger partial charge >= 0.3 is 5.97 Å². The summed E-state index contributed by atoms with van der Waals surface area (Å²) in [6.45, 7) is 6.25. The zero-order chi connectivity index (χ0) is 16.1. The van der Waals surface area contributed by atoms with Gasteiger partial charge in [-0.15, -0.1) is 0 Å². The molecule has 1 aromatic rings. The molecule has 22 heavy (non-hydrogen) atoms. The summed E-state index contributed by atoms with van der Waals surface area (Å²) in [5.41, 5.74) is 1.53. The van der Waals surface area contributed by atoms with Crippen molar-refractivity contribution < 1.29 is 23.8 Å². The molecular weight excluding hydrogens is 286 g/mol. The van der Waals surface area contributed by atoms with Gasteiger partial charge in [-0.05, 0) is 26.0 Å². The van der Waals surface area contributed by atoms with Crippen LogP contribution in [0.15, 0.2) is 12.1 Å². The second kappa shape index (κ2) is 7.26. The van der Waals surface area contributed by atoms with Crippen LogP contribution in [-0.4, -0.2) is 56.8 Å². The summed E-state index contributed by atoms with van der Waals surface area (Å²) in [4.78, 5) is 26.2. The molecule has 0 unspecified atom stereocenters. The Balaban J connectivity index is 2.38. The van der Waals surface area contributed by atoms with Gasteiger partial charge in [0.05, 0.1) is 26.9 Å². The first kappa shape index (κ1) is 16.3. The quantitative estimate of drug-likeness (QED) is 0.791. The SMILES string of the molecule is CCOc1c(C(=O)OC)ccc(C(=O)N2CCOCC2)c1C. The predicted octanol–water partition coefficient (Wildman–Crippen LogP) is 1.65. The van der Waals surface area contributed by atoms with Crippen LogP contribution in [0.25, 0.3) is 0 Å². The van der Waals surface area contributed by atoms with E-state index in [1.165, 1.54) is 7.11 Å². The number of benzene rings is 1. The van der Waals surface area contributed by atoms with Crippen LogP contribution >= 0.6 is 0 Å². The van der Waals surface area contributed by atoms with Gasteiger partial charge in [-0.3, -0.25) is 4.79 Å². The molecule has 1 aliphatic heterocycles. The van der Waals surface area contributed by atoms with Gasteiger partial charge in [0.2, 0.25) is 0 Å². The summed E-state index contributed by atoms with van der Waals surface area (Å²) in [5, 5.41) is 0. The van der Waals surface area contributed by atoms with Crippen molar-refractivity contribution in [3.05, 3.63) is 28.8 Å². The van der Waals surface area contributed by atoms with E-state index in [1.807, 2.05) is 6.92 Å². The van der Waals surface area contributed by atoms with Gasteiger partial charge < -0.3 is 19.1 Å². The number of hydrogen-bond acceptors (Lipinski definition) is 5. The van der Waals surface area contributed by atoms with E-state index in [0.29, 0.717) is 55.4 Å². The Hall–Kier alpha value is -2.08. The van der Waals surface area contributed by atoms with Gasteiger partial charge in [0, 0.05) is 24.2 Å². The number of rotatable bonds is 4. The number of morpholine rings is 1. The summed E-state index contributed by atoms with van der Waals surface area (Å²) < 4.78 is 15.6. The fourth-order valence-electron chi connectivity index (χ4n) is 2.46. The molecule has 0 aromatic heterocycles. The summed E-state index contributed by atoms with van der Waals surface area (Å²) in [6.07, 6.45) is 0. The first-order valence-electron chi connectivity index (χ1n) is 7.31. The molecule has 0 radical (unpaired) electrons. The van der Waals surface area contributed by atoms with Crippen LogP contribution in [0.3, 0.4) is 0 Å². The molecule has 1 heterocycles. The molecule has 1 fully saturated rings. The first-order valence-corrected chi connectivity index (χ1v) is 7.31. The standard InChI is InChI=1S/C16H21NO5/c1-4-22-14-11(2)12(5-6-13(14)16(19)20-3)15(18)17-7-9-21-10-8-17/h5-6H,4,7-10H2,1-3H3. The zero-order valence-electron chi connectivity index (χ0n) is 13.2. The number of esters is 1. The number of carbonyl (C=O) groups is 2. The highest BCUT2D eigenvalue weighted by atomic mass is 16.5. The van der Waals surface area contributed by atoms with E-state index in [0.717, 1.165) is 0 Å². The van der Waals surface area contributed by atoms with E-state index in [9.17, 15) is 9.59 Å². The Labute approximate surface area is 129 Å². The maximum atomic E-state index is 12.6. The third kappa shape index (κ3) is 3.22. The molecule has 6 heteroatoms. The Bertz CT molecular complexity index is 564. The fraction of sp³-hybridized carbons (Fsp3) is 0.500. The van der Waals surface area contributed by atoms with Crippen molar-refractivity contribution in [2.24, 2.45) is 0 Å². The largest absolute Gasteiger partial charge is 0.493 e. The van der Waals surface area contributed by atoms with Gasteiger partial charge in [0.1, 0.15) is 11.3 Å². The van der Waals surface area contributed by atoms with Crippen molar-refractivity contribution in [2.45, 2.75) is 13.8 Å². The van der Waals surface area contributed by atoms with Crippen molar-refractivity contribution in [3.63, 3.8) is 0 Å². The monoisotopic (exact) mass is 307 g/mol. The van der Waals surface area contributed by atoms with E-state index in [2.05, 4.69) is 0 Å². The Kier molecular flexibility index (Phi) is 5.38. The van der Waals surface area contributed by atoms with Crippen LogP contribution in [0.5, 0.6) is 5.75 Å². The molecule has 0 bridgehead atoms. The number of ether oxygens (including phenoxy) is 3. The summed E-state index contributed by atoms with van der Waals surface area (Å²) in [5.74, 6) is -0.136. The predicted molar refractivity (Wildman–Crippen MR) is 80.4 cm³/mol. The first-order chi connectivity index (χ1) is 10.6. The Morgan fingerprint density at radius 3 is 2.45 bits per heavy atom. The van der Waals surface area contributed by atoms with Gasteiger partial charge in [-0.1, -0.05) is 0 Å². The lowest BCUT2D eigenvalue weighted by Gasteiger charge is -2.27. The van der Waals surface area contributed by atoms with Crippen molar-refractivity contribution in [1.82, 2.24) is 4.90 Å². The number of methoxy groups -OCH3 is 1. The van der Waals surface area contributed by atoms with Gasteiger partial charge in [0.25, 0.3) is 5.91 Å². The third-order valence-electron chi connectivity index (χ3n) is 3.63. The lowest BCUT2D eigenvalue weighted by Crippen LogP contribution is -2.41. The molecule has 0 atom stereocenters. The molecule has 0 spiro atoms. The van der Waals surface area contributed by atoms with Gasteiger partial charge in [-0.2, -0.15) is 0 Å². The molecule has 2 rings (SSSR count). The second-order valence-corrected chi connectivity index (χ2v) is 4.94. The van der Waals surface area contributed by atoms with Gasteiger partial charge in [0.15, 0.2) is 0 Å². The lowest BCUT2D eigenvalue weighted by molar-refractivity contribution is 0.0302. The molecule has 1 aliphatic rings. The molecule has 0 saturated carbocycles. The molecule has 1 amide bonds. The Morgan fingerprint density at radius 2 is 1.86 bits per heavy atom. The molecule has 0 N–H and O–H groups in total. The van der Waals surface area contributed by atoms with Crippen molar-refractivity contribution >= 4 is 11.9 Å². The minimum atomic E-state index is -0.475. The number of hydrogen-bond donors (Lipinski definition) is 0. The third-order valence-corrected chi connectivity index (χ3v) is 3.63. The topological polar surface area (TPSA) is 65.1 Å². The highest BCUT2D eigenvalue weighted by Gasteiger charge is 2.24. The number of carbonyl (C=O) groups excluding carboxylic acids is 2. The highest BCUT2D eigenvalue weighted by Crippen LogP contribution is 2.28. The van der Waals surface area contributed by atoms with E-state index >= 15 is 0 Å². The summed E-state index contributed by atoms with van der Waals surface area (Å²) in [7, 11) is 1.32. The van der Waals surface area contributed by atoms with Crippen LogP contribution in [-0.2, 0) is 9.47 Å². The van der Waals surface area contributed by atoms with Crippen LogP contribution in [0, 0.1) is 6.92 Å². The van der Waals surface area contributed by atoms with Crippen LogP contribution < -0.4 is 4.74 Å². The summed E-state index contributed by atoms with van der Waals surface area (Å²) >= 11 is 0. The van der Waals surface area contributed by atoms with Crippen LogP contribution in [0.2, 0.25) is 0 Å². The smallest absolute Gasteiger partial charge is 0.341 e. The van der Waals surface area contributed by atoms with E-state index in [4.69, 9.17) is 14.2 Å². The van der Waals surface area contributed by atoms with Crippen molar-refractivity contribution in [2.75, 3.05) is 40.0 Å². The van der Waals surface area contributed by atoms with E-state index in [-0.39, 0.29) is 5.91 Å². The Morgan fingerprint density at radius 1 is 1.23 bits per heavy atom. The van der Waals surface area contributed by atoms with E-state index in [1.54, 1.807) is 24.0 Å². The maximum absolute atomic E-state index is 12.6. The van der Waals surface area contributed by atoms with Crippen molar-refractivity contribution in [3.8, 4) is 5.75 Å². The molecule has 120 valence electrons. The van der Waals surface area contributed by atoms with Crippen LogP contribution in [0.1, 0.15) is 33.2 Å². The molecule has 1 saturated heterocycles. The second-order valence-electron chi connectivity index (χ2n) is 4.94. The number of nitrogens with zero attached hydrogens (tertiary/aromatic N) is 1. The fourth-order valence-corrected chi connectivity index (χ4v) is 2.46. The van der Waals surface area contributed by atoms with Gasteiger partial charge in [-0.25, -0.2) is 4.79 Å². The molecule has 6 nitrogen and oxygen atoms in total. The van der Waals surface area contributed by atoms with Crippen LogP contribution in [0.4, 0.5) is 0 Å². The normalized spacial score (nSPS) is 14.6. The van der Waals surface area contributed by atoms with Crippen molar-refractivity contribution in [1.29, 1.82) is 0 Å². The average Bonchev–Trinajstić information content (AvgIpc) is 2.56. The zero-order valence-corrected chi connectivity index (χ0v) is 13.2. The molecule has 1 aromatic carbocycles. The lowest BCUT2D eigenvalue weighted by atomic mass is 10.0. The highest BCUT2D eigenvalue weighted by molar-refractivity contribution is 6.00. The average molecular weight is 307 g/mol. The molecule has 0 aliphatic carbocycles. The minimum absolute atomic E-state index is 0.0711. The summed E-state index contributed by atoms with van der Waals surface area (Å²) in [6, 6.07) is 3.24. The number of amides is 1.